The summed E-state index contributed by atoms with van der Waals surface area (Å²) in [6.07, 6.45) is -4.61. The van der Waals surface area contributed by atoms with Crippen molar-refractivity contribution in [1.29, 1.82) is 0 Å². The number of hydrogen-bond donors (Lipinski definition) is 1. The Labute approximate surface area is 128 Å². The first kappa shape index (κ1) is 16.9. The van der Waals surface area contributed by atoms with E-state index in [1.54, 1.807) is 6.92 Å². The molecule has 0 unspecified atom stereocenters. The maximum atomic E-state index is 13.0. The molecular weight excluding hydrogens is 357 g/mol. The molecule has 0 saturated heterocycles. The number of carbonyl (C=O) groups is 1. The molecule has 110 valence electrons. The molecule has 2 N–H and O–H groups in total. The fourth-order valence-electron chi connectivity index (χ4n) is 1.62. The highest BCUT2D eigenvalue weighted by Gasteiger charge is 2.36. The molecule has 0 fully saturated rings. The Morgan fingerprint density at radius 3 is 2.50 bits per heavy atom. The number of carbonyl (C=O) groups excluding carboxylic acids is 1. The number of hydrogen-bond acceptors (Lipinski definition) is 2. The minimum Gasteiger partial charge on any atom is -0.392 e. The predicted molar refractivity (Wildman–Crippen MR) is 77.5 cm³/mol. The maximum absolute atomic E-state index is 13.0. The topological polar surface area (TPSA) is 46.3 Å². The van der Waals surface area contributed by atoms with Crippen LogP contribution in [0.2, 0.25) is 0 Å². The van der Waals surface area contributed by atoms with Gasteiger partial charge in [0.05, 0.1) is 22.7 Å². The first-order valence-corrected chi connectivity index (χ1v) is 6.81. The molecule has 1 rings (SSSR count). The molecule has 8 heteroatoms. The van der Waals surface area contributed by atoms with Gasteiger partial charge < -0.3 is 10.6 Å². The van der Waals surface area contributed by atoms with E-state index in [0.717, 1.165) is 12.1 Å². The number of nitrogens with zero attached hydrogens (tertiary/aromatic N) is 1. The molecule has 0 heterocycles. The lowest BCUT2D eigenvalue weighted by Crippen LogP contribution is -2.38. The third-order valence-corrected chi connectivity index (χ3v) is 3.16. The third kappa shape index (κ3) is 4.17. The van der Waals surface area contributed by atoms with E-state index in [4.69, 9.17) is 5.73 Å². The van der Waals surface area contributed by atoms with Gasteiger partial charge in [-0.1, -0.05) is 28.1 Å². The van der Waals surface area contributed by atoms with Crippen molar-refractivity contribution in [3.05, 3.63) is 33.8 Å². The summed E-state index contributed by atoms with van der Waals surface area (Å²) in [5.41, 5.74) is 3.94. The minimum absolute atomic E-state index is 0.0471. The molecule has 0 bridgehead atoms. The molecule has 0 atom stereocenters. The van der Waals surface area contributed by atoms with Gasteiger partial charge in [0.2, 0.25) is 0 Å². The van der Waals surface area contributed by atoms with Gasteiger partial charge in [0.25, 0.3) is 5.91 Å². The number of thiocarbonyl (C=S) groups is 1. The second kappa shape index (κ2) is 6.53. The highest BCUT2D eigenvalue weighted by Crippen LogP contribution is 2.34. The van der Waals surface area contributed by atoms with Crippen LogP contribution in [-0.4, -0.2) is 28.9 Å². The highest BCUT2D eigenvalue weighted by atomic mass is 79.9. The fourth-order valence-corrected chi connectivity index (χ4v) is 2.14. The number of alkyl halides is 3. The van der Waals surface area contributed by atoms with Crippen LogP contribution in [0.25, 0.3) is 0 Å². The molecule has 0 aromatic heterocycles. The first-order valence-electron chi connectivity index (χ1n) is 5.61. The summed E-state index contributed by atoms with van der Waals surface area (Å²) in [5.74, 6) is -0.750. The second-order valence-corrected chi connectivity index (χ2v) is 5.41. The van der Waals surface area contributed by atoms with Crippen LogP contribution in [0.15, 0.2) is 22.7 Å². The molecule has 0 saturated carbocycles. The lowest BCUT2D eigenvalue weighted by molar-refractivity contribution is -0.138. The van der Waals surface area contributed by atoms with Gasteiger partial charge in [0.1, 0.15) is 0 Å². The monoisotopic (exact) mass is 368 g/mol. The summed E-state index contributed by atoms with van der Waals surface area (Å²) in [6, 6.07) is 3.40. The number of benzene rings is 1. The van der Waals surface area contributed by atoms with Crippen molar-refractivity contribution in [2.24, 2.45) is 5.73 Å². The second-order valence-electron chi connectivity index (χ2n) is 3.97. The average molecular weight is 369 g/mol. The Balaban J connectivity index is 3.24. The van der Waals surface area contributed by atoms with Crippen molar-refractivity contribution in [3.63, 3.8) is 0 Å². The average Bonchev–Trinajstić information content (AvgIpc) is 2.33. The van der Waals surface area contributed by atoms with Gasteiger partial charge in [-0.25, -0.2) is 0 Å². The van der Waals surface area contributed by atoms with E-state index in [1.165, 1.54) is 11.0 Å². The molecule has 20 heavy (non-hydrogen) atoms. The van der Waals surface area contributed by atoms with Gasteiger partial charge in [0.15, 0.2) is 0 Å². The summed E-state index contributed by atoms with van der Waals surface area (Å²) >= 11 is 7.66. The molecule has 0 spiro atoms. The van der Waals surface area contributed by atoms with Crippen molar-refractivity contribution in [1.82, 2.24) is 4.90 Å². The zero-order valence-corrected chi connectivity index (χ0v) is 12.9. The molecule has 0 aliphatic carbocycles. The van der Waals surface area contributed by atoms with Crippen LogP contribution in [0, 0.1) is 0 Å². The molecule has 1 aromatic rings. The lowest BCUT2D eigenvalue weighted by atomic mass is 10.1. The summed E-state index contributed by atoms with van der Waals surface area (Å²) in [4.78, 5) is 13.4. The van der Waals surface area contributed by atoms with Gasteiger partial charge in [-0.05, 0) is 25.1 Å². The molecule has 3 nitrogen and oxygen atoms in total. The van der Waals surface area contributed by atoms with Gasteiger partial charge >= 0.3 is 6.18 Å². The predicted octanol–water partition coefficient (Wildman–Crippen LogP) is 3.22. The van der Waals surface area contributed by atoms with E-state index in [9.17, 15) is 18.0 Å². The quantitative estimate of drug-likeness (QED) is 0.830. The van der Waals surface area contributed by atoms with E-state index < -0.39 is 23.2 Å². The highest BCUT2D eigenvalue weighted by molar-refractivity contribution is 9.10. The largest absolute Gasteiger partial charge is 0.417 e. The molecule has 1 amide bonds. The number of rotatable bonds is 4. The summed E-state index contributed by atoms with van der Waals surface area (Å²) in [5, 5.41) is 0. The Morgan fingerprint density at radius 1 is 1.45 bits per heavy atom. The Hall–Kier alpha value is -1.15. The number of nitrogens with two attached hydrogens (primary N) is 1. The van der Waals surface area contributed by atoms with Gasteiger partial charge in [-0.2, -0.15) is 13.2 Å². The first-order chi connectivity index (χ1) is 9.16. The standard InChI is InChI=1S/C12H12BrF3N2OS/c1-2-18(6-10(17)20)11(19)8-4-3-7(13)5-9(8)12(14,15)16/h3-5H,2,6H2,1H3,(H2,17,20). The number of amides is 1. The van der Waals surface area contributed by atoms with E-state index >= 15 is 0 Å². The number of halogens is 4. The number of likely N-dealkylation sites (N-methyl/N-ethyl adjacent to an activating group) is 1. The van der Waals surface area contributed by atoms with Crippen molar-refractivity contribution in [2.45, 2.75) is 13.1 Å². The van der Waals surface area contributed by atoms with Crippen molar-refractivity contribution in [2.75, 3.05) is 13.1 Å². The Kier molecular flexibility index (Phi) is 5.52. The van der Waals surface area contributed by atoms with Crippen molar-refractivity contribution < 1.29 is 18.0 Å². The van der Waals surface area contributed by atoms with Crippen LogP contribution in [0.3, 0.4) is 0 Å². The Bertz CT molecular complexity index is 534. The molecule has 0 aliphatic heterocycles. The molecule has 1 aromatic carbocycles. The van der Waals surface area contributed by atoms with Gasteiger partial charge in [0, 0.05) is 11.0 Å². The maximum Gasteiger partial charge on any atom is 0.417 e. The summed E-state index contributed by atoms with van der Waals surface area (Å²) in [7, 11) is 0. The van der Waals surface area contributed by atoms with Crippen molar-refractivity contribution in [3.8, 4) is 0 Å². The SMILES string of the molecule is CCN(CC(N)=S)C(=O)c1ccc(Br)cc1C(F)(F)F. The van der Waals surface area contributed by atoms with Crippen LogP contribution >= 0.6 is 28.1 Å². The van der Waals surface area contributed by atoms with Crippen LogP contribution in [0.1, 0.15) is 22.8 Å². The van der Waals surface area contributed by atoms with Crippen molar-refractivity contribution >= 4 is 39.0 Å². The van der Waals surface area contributed by atoms with Gasteiger partial charge in [-0.3, -0.25) is 4.79 Å². The molecular formula is C12H12BrF3N2OS. The minimum atomic E-state index is -4.61. The normalized spacial score (nSPS) is 11.2. The summed E-state index contributed by atoms with van der Waals surface area (Å²) in [6.45, 7) is 1.80. The zero-order chi connectivity index (χ0) is 15.5. The van der Waals surface area contributed by atoms with Crippen LogP contribution in [-0.2, 0) is 6.18 Å². The fraction of sp³-hybridized carbons (Fsp3) is 0.333. The summed E-state index contributed by atoms with van der Waals surface area (Å²) < 4.78 is 39.2. The van der Waals surface area contributed by atoms with E-state index in [2.05, 4.69) is 28.1 Å². The van der Waals surface area contributed by atoms with Crippen LogP contribution in [0.4, 0.5) is 13.2 Å². The Morgan fingerprint density at radius 2 is 2.05 bits per heavy atom. The van der Waals surface area contributed by atoms with E-state index in [0.29, 0.717) is 0 Å². The smallest absolute Gasteiger partial charge is 0.392 e. The molecule has 0 radical (unpaired) electrons. The lowest BCUT2D eigenvalue weighted by Gasteiger charge is -2.22. The van der Waals surface area contributed by atoms with Crippen LogP contribution < -0.4 is 5.73 Å². The van der Waals surface area contributed by atoms with E-state index in [1.807, 2.05) is 0 Å². The van der Waals surface area contributed by atoms with Gasteiger partial charge in [-0.15, -0.1) is 0 Å². The molecule has 0 aliphatic rings. The van der Waals surface area contributed by atoms with Crippen LogP contribution in [0.5, 0.6) is 0 Å². The zero-order valence-electron chi connectivity index (χ0n) is 10.5. The van der Waals surface area contributed by atoms with E-state index in [-0.39, 0.29) is 22.6 Å². The third-order valence-electron chi connectivity index (χ3n) is 2.53.